The molecule has 0 spiro atoms. The van der Waals surface area contributed by atoms with Crippen LogP contribution >= 0.6 is 0 Å². The lowest BCUT2D eigenvalue weighted by Gasteiger charge is -2.30. The summed E-state index contributed by atoms with van der Waals surface area (Å²) in [7, 11) is 1.41. The number of esters is 1. The maximum absolute atomic E-state index is 12.4. The SMILES string of the molecule is CCn1cccc1C(=O)N1CCC(C(=O)OC)CC1. The van der Waals surface area contributed by atoms with Crippen LogP contribution in [0.4, 0.5) is 0 Å². The van der Waals surface area contributed by atoms with Gasteiger partial charge in [-0.15, -0.1) is 0 Å². The first-order valence-corrected chi connectivity index (χ1v) is 6.69. The summed E-state index contributed by atoms with van der Waals surface area (Å²) in [5, 5.41) is 0. The van der Waals surface area contributed by atoms with E-state index in [0.29, 0.717) is 25.9 Å². The summed E-state index contributed by atoms with van der Waals surface area (Å²) < 4.78 is 6.69. The van der Waals surface area contributed by atoms with Crippen LogP contribution in [-0.4, -0.2) is 41.5 Å². The third kappa shape index (κ3) is 2.80. The zero-order chi connectivity index (χ0) is 13.8. The molecule has 0 unspecified atom stereocenters. The Bertz CT molecular complexity index is 459. The summed E-state index contributed by atoms with van der Waals surface area (Å²) in [5.74, 6) is -0.175. The van der Waals surface area contributed by atoms with Gasteiger partial charge in [0.25, 0.3) is 5.91 Å². The van der Waals surface area contributed by atoms with E-state index in [4.69, 9.17) is 4.74 Å². The number of amides is 1. The van der Waals surface area contributed by atoms with Crippen molar-refractivity contribution < 1.29 is 14.3 Å². The van der Waals surface area contributed by atoms with E-state index < -0.39 is 0 Å². The summed E-state index contributed by atoms with van der Waals surface area (Å²) in [4.78, 5) is 25.6. The summed E-state index contributed by atoms with van der Waals surface area (Å²) >= 11 is 0. The van der Waals surface area contributed by atoms with Crippen molar-refractivity contribution in [2.75, 3.05) is 20.2 Å². The standard InChI is InChI=1S/C14H20N2O3/c1-3-15-8-4-5-12(15)13(17)16-9-6-11(7-10-16)14(18)19-2/h4-5,8,11H,3,6-7,9-10H2,1-2H3. The molecule has 1 aliphatic rings. The quantitative estimate of drug-likeness (QED) is 0.778. The molecule has 0 bridgehead atoms. The van der Waals surface area contributed by atoms with Crippen molar-refractivity contribution in [3.8, 4) is 0 Å². The van der Waals surface area contributed by atoms with Crippen LogP contribution in [0.5, 0.6) is 0 Å². The molecule has 0 atom stereocenters. The van der Waals surface area contributed by atoms with Crippen molar-refractivity contribution in [1.29, 1.82) is 0 Å². The van der Waals surface area contributed by atoms with E-state index in [-0.39, 0.29) is 17.8 Å². The lowest BCUT2D eigenvalue weighted by molar-refractivity contribution is -0.146. The number of piperidine rings is 1. The highest BCUT2D eigenvalue weighted by atomic mass is 16.5. The zero-order valence-corrected chi connectivity index (χ0v) is 11.5. The van der Waals surface area contributed by atoms with Gasteiger partial charge in [0.2, 0.25) is 0 Å². The predicted molar refractivity (Wildman–Crippen MR) is 70.7 cm³/mol. The Morgan fingerprint density at radius 1 is 1.37 bits per heavy atom. The molecule has 2 heterocycles. The second-order valence-electron chi connectivity index (χ2n) is 4.77. The molecule has 1 aliphatic heterocycles. The second kappa shape index (κ2) is 5.91. The van der Waals surface area contributed by atoms with Crippen LogP contribution in [0, 0.1) is 5.92 Å². The van der Waals surface area contributed by atoms with Gasteiger partial charge in [-0.1, -0.05) is 0 Å². The lowest BCUT2D eigenvalue weighted by atomic mass is 9.97. The van der Waals surface area contributed by atoms with Crippen LogP contribution in [0.25, 0.3) is 0 Å². The van der Waals surface area contributed by atoms with Crippen molar-refractivity contribution in [1.82, 2.24) is 9.47 Å². The van der Waals surface area contributed by atoms with Crippen LogP contribution in [0.15, 0.2) is 18.3 Å². The van der Waals surface area contributed by atoms with Crippen molar-refractivity contribution in [3.63, 3.8) is 0 Å². The number of aryl methyl sites for hydroxylation is 1. The molecule has 2 rings (SSSR count). The average molecular weight is 264 g/mol. The number of carbonyl (C=O) groups excluding carboxylic acids is 2. The average Bonchev–Trinajstić information content (AvgIpc) is 2.94. The van der Waals surface area contributed by atoms with Gasteiger partial charge in [-0.3, -0.25) is 9.59 Å². The fraction of sp³-hybridized carbons (Fsp3) is 0.571. The van der Waals surface area contributed by atoms with Crippen LogP contribution in [-0.2, 0) is 16.1 Å². The highest BCUT2D eigenvalue weighted by molar-refractivity contribution is 5.93. The molecule has 1 saturated heterocycles. The van der Waals surface area contributed by atoms with Crippen LogP contribution in [0.1, 0.15) is 30.3 Å². The maximum atomic E-state index is 12.4. The number of nitrogens with zero attached hydrogens (tertiary/aromatic N) is 2. The van der Waals surface area contributed by atoms with Gasteiger partial charge in [0.15, 0.2) is 0 Å². The van der Waals surface area contributed by atoms with E-state index in [0.717, 1.165) is 12.2 Å². The van der Waals surface area contributed by atoms with Crippen LogP contribution in [0.3, 0.4) is 0 Å². The lowest BCUT2D eigenvalue weighted by Crippen LogP contribution is -2.41. The normalized spacial score (nSPS) is 16.4. The van der Waals surface area contributed by atoms with Gasteiger partial charge in [-0.25, -0.2) is 0 Å². The van der Waals surface area contributed by atoms with Crippen molar-refractivity contribution in [2.24, 2.45) is 5.92 Å². The number of hydrogen-bond acceptors (Lipinski definition) is 3. The summed E-state index contributed by atoms with van der Waals surface area (Å²) in [6.07, 6.45) is 3.28. The Labute approximate surface area is 113 Å². The first-order chi connectivity index (χ1) is 9.17. The number of hydrogen-bond donors (Lipinski definition) is 0. The van der Waals surface area contributed by atoms with Gasteiger partial charge < -0.3 is 14.2 Å². The molecular formula is C14H20N2O3. The number of aromatic nitrogens is 1. The summed E-state index contributed by atoms with van der Waals surface area (Å²) in [5.41, 5.74) is 0.721. The first kappa shape index (κ1) is 13.6. The summed E-state index contributed by atoms with van der Waals surface area (Å²) in [6, 6.07) is 3.73. The van der Waals surface area contributed by atoms with E-state index in [9.17, 15) is 9.59 Å². The fourth-order valence-corrected chi connectivity index (χ4v) is 2.53. The van der Waals surface area contributed by atoms with Gasteiger partial charge in [0.1, 0.15) is 5.69 Å². The van der Waals surface area contributed by atoms with Crippen molar-refractivity contribution >= 4 is 11.9 Å². The molecule has 1 fully saturated rings. The Morgan fingerprint density at radius 3 is 2.63 bits per heavy atom. The minimum absolute atomic E-state index is 0.0511. The third-order valence-corrected chi connectivity index (χ3v) is 3.71. The van der Waals surface area contributed by atoms with E-state index in [1.54, 1.807) is 0 Å². The van der Waals surface area contributed by atoms with E-state index in [1.165, 1.54) is 7.11 Å². The van der Waals surface area contributed by atoms with Crippen molar-refractivity contribution in [2.45, 2.75) is 26.3 Å². The Kier molecular flexibility index (Phi) is 4.24. The molecule has 0 N–H and O–H groups in total. The smallest absolute Gasteiger partial charge is 0.308 e. The highest BCUT2D eigenvalue weighted by Crippen LogP contribution is 2.20. The predicted octanol–water partition coefficient (Wildman–Crippen LogP) is 1.53. The minimum Gasteiger partial charge on any atom is -0.469 e. The number of carbonyl (C=O) groups is 2. The molecule has 19 heavy (non-hydrogen) atoms. The van der Waals surface area contributed by atoms with Gasteiger partial charge in [0, 0.05) is 25.8 Å². The molecule has 5 nitrogen and oxygen atoms in total. The number of likely N-dealkylation sites (tertiary alicyclic amines) is 1. The van der Waals surface area contributed by atoms with E-state index in [2.05, 4.69) is 0 Å². The molecule has 0 aromatic carbocycles. The first-order valence-electron chi connectivity index (χ1n) is 6.69. The van der Waals surface area contributed by atoms with Gasteiger partial charge in [0.05, 0.1) is 13.0 Å². The molecule has 104 valence electrons. The number of methoxy groups -OCH3 is 1. The van der Waals surface area contributed by atoms with Crippen LogP contribution in [0.2, 0.25) is 0 Å². The molecule has 0 aliphatic carbocycles. The Morgan fingerprint density at radius 2 is 2.05 bits per heavy atom. The van der Waals surface area contributed by atoms with Gasteiger partial charge in [-0.05, 0) is 31.9 Å². The van der Waals surface area contributed by atoms with Crippen molar-refractivity contribution in [3.05, 3.63) is 24.0 Å². The molecule has 0 radical (unpaired) electrons. The summed E-state index contributed by atoms with van der Waals surface area (Å²) in [6.45, 7) is 4.04. The molecule has 5 heteroatoms. The zero-order valence-electron chi connectivity index (χ0n) is 11.5. The number of ether oxygens (including phenoxy) is 1. The highest BCUT2D eigenvalue weighted by Gasteiger charge is 2.29. The maximum Gasteiger partial charge on any atom is 0.308 e. The minimum atomic E-state index is -0.163. The van der Waals surface area contributed by atoms with Gasteiger partial charge in [-0.2, -0.15) is 0 Å². The molecule has 1 amide bonds. The largest absolute Gasteiger partial charge is 0.469 e. The molecule has 1 aromatic heterocycles. The topological polar surface area (TPSA) is 51.5 Å². The van der Waals surface area contributed by atoms with E-state index >= 15 is 0 Å². The monoisotopic (exact) mass is 264 g/mol. The Balaban J connectivity index is 1.98. The van der Waals surface area contributed by atoms with Crippen LogP contribution < -0.4 is 0 Å². The molecular weight excluding hydrogens is 244 g/mol. The third-order valence-electron chi connectivity index (χ3n) is 3.71. The van der Waals surface area contributed by atoms with E-state index in [1.807, 2.05) is 34.7 Å². The molecule has 0 saturated carbocycles. The second-order valence-corrected chi connectivity index (χ2v) is 4.77. The Hall–Kier alpha value is -1.78. The fourth-order valence-electron chi connectivity index (χ4n) is 2.53. The van der Waals surface area contributed by atoms with Gasteiger partial charge >= 0.3 is 5.97 Å². The number of rotatable bonds is 3. The molecule has 1 aromatic rings.